The van der Waals surface area contributed by atoms with E-state index in [0.717, 1.165) is 6.07 Å². The summed E-state index contributed by atoms with van der Waals surface area (Å²) < 4.78 is 18.7. The van der Waals surface area contributed by atoms with E-state index in [1.807, 2.05) is 18.2 Å². The van der Waals surface area contributed by atoms with E-state index in [1.165, 1.54) is 17.0 Å². The van der Waals surface area contributed by atoms with Gasteiger partial charge in [0.25, 0.3) is 5.91 Å². The molecule has 2 aromatic rings. The topological polar surface area (TPSA) is 79.0 Å². The molecule has 0 saturated carbocycles. The number of nitrogens with one attached hydrogen (secondary N) is 1. The summed E-state index contributed by atoms with van der Waals surface area (Å²) >= 11 is 3.15. The first-order chi connectivity index (χ1) is 13.9. The number of carbonyl (C=O) groups is 3. The fraction of sp³-hybridized carbons (Fsp3) is 0.250. The lowest BCUT2D eigenvalue weighted by molar-refractivity contribution is -0.135. The lowest BCUT2D eigenvalue weighted by atomic mass is 10.2. The number of esters is 1. The largest absolute Gasteiger partial charge is 0.452 e. The van der Waals surface area contributed by atoms with Crippen LogP contribution in [0.1, 0.15) is 10.4 Å². The lowest BCUT2D eigenvalue weighted by Crippen LogP contribution is -2.52. The maximum atomic E-state index is 13.3. The van der Waals surface area contributed by atoms with Gasteiger partial charge < -0.3 is 19.9 Å². The van der Waals surface area contributed by atoms with Crippen molar-refractivity contribution < 1.29 is 23.5 Å². The van der Waals surface area contributed by atoms with Crippen molar-refractivity contribution in [3.05, 3.63) is 64.4 Å². The summed E-state index contributed by atoms with van der Waals surface area (Å²) in [7, 11) is 0. The quantitative estimate of drug-likeness (QED) is 0.706. The number of para-hydroxylation sites is 1. The molecule has 152 valence electrons. The molecule has 1 aliphatic heterocycles. The molecule has 0 atom stereocenters. The third-order valence-corrected chi connectivity index (χ3v) is 5.11. The van der Waals surface area contributed by atoms with Gasteiger partial charge in [0, 0.05) is 36.3 Å². The molecule has 1 aliphatic rings. The number of benzene rings is 2. The Kier molecular flexibility index (Phi) is 6.82. The molecular weight excluding hydrogens is 445 g/mol. The van der Waals surface area contributed by atoms with Crippen molar-refractivity contribution >= 4 is 39.5 Å². The minimum absolute atomic E-state index is 0.0141. The van der Waals surface area contributed by atoms with E-state index in [2.05, 4.69) is 21.2 Å². The van der Waals surface area contributed by atoms with E-state index in [-0.39, 0.29) is 17.5 Å². The summed E-state index contributed by atoms with van der Waals surface area (Å²) in [5.74, 6) is -1.73. The molecule has 3 rings (SSSR count). The van der Waals surface area contributed by atoms with Crippen molar-refractivity contribution in [2.24, 2.45) is 0 Å². The SMILES string of the molecule is O=C(OCC(=O)N1CCN(C(=O)Nc2ccccc2)CC1)c1cc(F)ccc1Br. The summed E-state index contributed by atoms with van der Waals surface area (Å²) in [6.45, 7) is 0.962. The van der Waals surface area contributed by atoms with Crippen LogP contribution in [0, 0.1) is 5.82 Å². The number of piperazine rings is 1. The lowest BCUT2D eigenvalue weighted by Gasteiger charge is -2.34. The molecule has 1 N–H and O–H groups in total. The average Bonchev–Trinajstić information content (AvgIpc) is 2.74. The summed E-state index contributed by atoms with van der Waals surface area (Å²) in [5, 5.41) is 2.80. The van der Waals surface area contributed by atoms with Gasteiger partial charge in [0.15, 0.2) is 6.61 Å². The minimum atomic E-state index is -0.786. The molecule has 7 nitrogen and oxygen atoms in total. The van der Waals surface area contributed by atoms with E-state index >= 15 is 0 Å². The summed E-state index contributed by atoms with van der Waals surface area (Å²) in [6, 6.07) is 12.5. The van der Waals surface area contributed by atoms with E-state index in [4.69, 9.17) is 4.74 Å². The Morgan fingerprint density at radius 2 is 1.66 bits per heavy atom. The van der Waals surface area contributed by atoms with Crippen molar-refractivity contribution in [1.82, 2.24) is 9.80 Å². The second-order valence-electron chi connectivity index (χ2n) is 6.36. The van der Waals surface area contributed by atoms with Crippen LogP contribution < -0.4 is 5.32 Å². The predicted octanol–water partition coefficient (Wildman–Crippen LogP) is 3.12. The van der Waals surface area contributed by atoms with Gasteiger partial charge in [-0.05, 0) is 46.3 Å². The van der Waals surface area contributed by atoms with E-state index in [9.17, 15) is 18.8 Å². The molecule has 0 unspecified atom stereocenters. The van der Waals surface area contributed by atoms with Gasteiger partial charge in [-0.15, -0.1) is 0 Å². The van der Waals surface area contributed by atoms with Crippen LogP contribution in [0.3, 0.4) is 0 Å². The summed E-state index contributed by atoms with van der Waals surface area (Å²) in [6.07, 6.45) is 0. The first-order valence-corrected chi connectivity index (χ1v) is 9.74. The number of rotatable bonds is 4. The molecule has 1 fully saturated rings. The summed E-state index contributed by atoms with van der Waals surface area (Å²) in [5.41, 5.74) is 0.714. The molecule has 9 heteroatoms. The van der Waals surface area contributed by atoms with Crippen LogP contribution in [0.2, 0.25) is 0 Å². The zero-order valence-electron chi connectivity index (χ0n) is 15.4. The third-order valence-electron chi connectivity index (χ3n) is 4.42. The molecule has 0 bridgehead atoms. The van der Waals surface area contributed by atoms with Crippen LogP contribution >= 0.6 is 15.9 Å². The summed E-state index contributed by atoms with van der Waals surface area (Å²) in [4.78, 5) is 39.8. The molecule has 3 amide bonds. The van der Waals surface area contributed by atoms with Crippen molar-refractivity contribution in [2.75, 3.05) is 38.1 Å². The fourth-order valence-corrected chi connectivity index (χ4v) is 3.24. The monoisotopic (exact) mass is 463 g/mol. The number of amides is 3. The van der Waals surface area contributed by atoms with Crippen LogP contribution in [0.5, 0.6) is 0 Å². The predicted molar refractivity (Wildman–Crippen MR) is 108 cm³/mol. The molecule has 1 heterocycles. The van der Waals surface area contributed by atoms with Crippen LogP contribution in [0.4, 0.5) is 14.9 Å². The number of nitrogens with zero attached hydrogens (tertiary/aromatic N) is 2. The molecular formula is C20H19BrFN3O4. The number of urea groups is 1. The van der Waals surface area contributed by atoms with Crippen LogP contribution in [0.15, 0.2) is 53.0 Å². The third kappa shape index (κ3) is 5.54. The van der Waals surface area contributed by atoms with Gasteiger partial charge in [0.1, 0.15) is 5.82 Å². The molecule has 0 spiro atoms. The Hall–Kier alpha value is -2.94. The van der Waals surface area contributed by atoms with E-state index in [1.54, 1.807) is 17.0 Å². The highest BCUT2D eigenvalue weighted by molar-refractivity contribution is 9.10. The van der Waals surface area contributed by atoms with Gasteiger partial charge in [0.2, 0.25) is 0 Å². The smallest absolute Gasteiger partial charge is 0.339 e. The van der Waals surface area contributed by atoms with Gasteiger partial charge in [-0.25, -0.2) is 14.0 Å². The maximum absolute atomic E-state index is 13.3. The molecule has 29 heavy (non-hydrogen) atoms. The van der Waals surface area contributed by atoms with E-state index < -0.39 is 18.4 Å². The highest BCUT2D eigenvalue weighted by atomic mass is 79.9. The number of carbonyl (C=O) groups excluding carboxylic acids is 3. The van der Waals surface area contributed by atoms with Crippen LogP contribution in [-0.2, 0) is 9.53 Å². The number of anilines is 1. The van der Waals surface area contributed by atoms with Crippen molar-refractivity contribution in [1.29, 1.82) is 0 Å². The van der Waals surface area contributed by atoms with Gasteiger partial charge in [-0.3, -0.25) is 4.79 Å². The highest BCUT2D eigenvalue weighted by Crippen LogP contribution is 2.19. The Bertz CT molecular complexity index is 902. The normalized spacial score (nSPS) is 13.7. The van der Waals surface area contributed by atoms with Gasteiger partial charge in [-0.2, -0.15) is 0 Å². The molecule has 1 saturated heterocycles. The van der Waals surface area contributed by atoms with Gasteiger partial charge in [-0.1, -0.05) is 18.2 Å². The second-order valence-corrected chi connectivity index (χ2v) is 7.22. The number of hydrogen-bond donors (Lipinski definition) is 1. The molecule has 2 aromatic carbocycles. The van der Waals surface area contributed by atoms with Crippen LogP contribution in [0.25, 0.3) is 0 Å². The fourth-order valence-electron chi connectivity index (χ4n) is 2.83. The average molecular weight is 464 g/mol. The van der Waals surface area contributed by atoms with E-state index in [0.29, 0.717) is 36.3 Å². The standard InChI is InChI=1S/C20H19BrFN3O4/c21-17-7-6-14(22)12-16(17)19(27)29-13-18(26)24-8-10-25(11-9-24)20(28)23-15-4-2-1-3-5-15/h1-7,12H,8-11,13H2,(H,23,28). The Balaban J connectivity index is 1.45. The van der Waals surface area contributed by atoms with Crippen molar-refractivity contribution in [3.63, 3.8) is 0 Å². The zero-order chi connectivity index (χ0) is 20.8. The highest BCUT2D eigenvalue weighted by Gasteiger charge is 2.25. The Morgan fingerprint density at radius 1 is 1.00 bits per heavy atom. The van der Waals surface area contributed by atoms with Gasteiger partial charge in [0.05, 0.1) is 5.56 Å². The Labute approximate surface area is 175 Å². The first kappa shape index (κ1) is 20.8. The second kappa shape index (κ2) is 9.51. The maximum Gasteiger partial charge on any atom is 0.339 e. The van der Waals surface area contributed by atoms with Crippen molar-refractivity contribution in [3.8, 4) is 0 Å². The number of halogens is 2. The molecule has 0 radical (unpaired) electrons. The number of ether oxygens (including phenoxy) is 1. The Morgan fingerprint density at radius 3 is 2.34 bits per heavy atom. The molecule has 0 aromatic heterocycles. The molecule has 0 aliphatic carbocycles. The van der Waals surface area contributed by atoms with Crippen molar-refractivity contribution in [2.45, 2.75) is 0 Å². The van der Waals surface area contributed by atoms with Crippen LogP contribution in [-0.4, -0.2) is 60.5 Å². The number of hydrogen-bond acceptors (Lipinski definition) is 4. The first-order valence-electron chi connectivity index (χ1n) is 8.95. The zero-order valence-corrected chi connectivity index (χ0v) is 17.0. The minimum Gasteiger partial charge on any atom is -0.452 e. The van der Waals surface area contributed by atoms with Gasteiger partial charge >= 0.3 is 12.0 Å².